The van der Waals surface area contributed by atoms with Crippen LogP contribution in [-0.2, 0) is 20.3 Å². The molecule has 2 heterocycles. The molecule has 0 aliphatic carbocycles. The van der Waals surface area contributed by atoms with E-state index in [9.17, 15) is 4.39 Å². The van der Waals surface area contributed by atoms with Crippen molar-refractivity contribution in [1.29, 1.82) is 0 Å². The molecule has 3 aromatic rings. The highest BCUT2D eigenvalue weighted by molar-refractivity contribution is 7.71. The van der Waals surface area contributed by atoms with Crippen molar-refractivity contribution in [2.45, 2.75) is 13.2 Å². The summed E-state index contributed by atoms with van der Waals surface area (Å²) in [5.41, 5.74) is 0.442. The average molecular weight is 383 g/mol. The van der Waals surface area contributed by atoms with E-state index in [0.717, 1.165) is 10.9 Å². The molecule has 0 spiro atoms. The average Bonchev–Trinajstić information content (AvgIpc) is 3.06. The highest BCUT2D eigenvalue weighted by atomic mass is 35.5. The van der Waals surface area contributed by atoms with Crippen molar-refractivity contribution in [3.05, 3.63) is 56.2 Å². The summed E-state index contributed by atoms with van der Waals surface area (Å²) in [5.74, 6) is 0.208. The second-order valence-corrected chi connectivity index (χ2v) is 7.67. The van der Waals surface area contributed by atoms with Crippen LogP contribution in [0.4, 0.5) is 4.39 Å². The van der Waals surface area contributed by atoms with E-state index in [2.05, 4.69) is 10.00 Å². The van der Waals surface area contributed by atoms with Crippen molar-refractivity contribution >= 4 is 35.2 Å². The zero-order valence-corrected chi connectivity index (χ0v) is 15.6. The van der Waals surface area contributed by atoms with Crippen LogP contribution in [0.2, 0.25) is 4.34 Å². The van der Waals surface area contributed by atoms with Crippen molar-refractivity contribution < 1.29 is 4.39 Å². The Balaban J connectivity index is 1.83. The Morgan fingerprint density at radius 1 is 1.29 bits per heavy atom. The first-order chi connectivity index (χ1) is 11.5. The van der Waals surface area contributed by atoms with Gasteiger partial charge in [0.05, 0.1) is 16.6 Å². The molecular formula is C16H16ClFN4S2. The summed E-state index contributed by atoms with van der Waals surface area (Å²) in [4.78, 5) is 3.25. The predicted molar refractivity (Wildman–Crippen MR) is 98.2 cm³/mol. The molecule has 0 aliphatic rings. The Labute approximate surface area is 153 Å². The molecule has 1 aromatic carbocycles. The number of halogens is 2. The summed E-state index contributed by atoms with van der Waals surface area (Å²) >= 11 is 13.0. The normalized spacial score (nSPS) is 11.4. The van der Waals surface area contributed by atoms with E-state index in [1.54, 1.807) is 45.8 Å². The molecule has 0 fully saturated rings. The standard InChI is InChI=1S/C16H16ClFN4S2/c1-20(9-11-7-8-14(17)24-11)10-22-16(23)21(2)15(19-22)12-5-3-4-6-13(12)18/h3-8H,9-10H2,1-2H3. The first-order valence-corrected chi connectivity index (χ1v) is 8.87. The van der Waals surface area contributed by atoms with Crippen LogP contribution in [0, 0.1) is 10.6 Å². The van der Waals surface area contributed by atoms with Crippen LogP contribution < -0.4 is 0 Å². The van der Waals surface area contributed by atoms with Crippen LogP contribution in [0.3, 0.4) is 0 Å². The second-order valence-electron chi connectivity index (χ2n) is 5.51. The van der Waals surface area contributed by atoms with E-state index < -0.39 is 0 Å². The molecule has 126 valence electrons. The molecular weight excluding hydrogens is 367 g/mol. The monoisotopic (exact) mass is 382 g/mol. The number of hydrogen-bond acceptors (Lipinski definition) is 4. The van der Waals surface area contributed by atoms with Crippen LogP contribution in [0.15, 0.2) is 36.4 Å². The van der Waals surface area contributed by atoms with Crippen molar-refractivity contribution in [2.24, 2.45) is 7.05 Å². The maximum Gasteiger partial charge on any atom is 0.199 e. The molecule has 0 N–H and O–H groups in total. The van der Waals surface area contributed by atoms with Gasteiger partial charge in [-0.2, -0.15) is 5.10 Å². The van der Waals surface area contributed by atoms with Crippen LogP contribution >= 0.6 is 35.2 Å². The molecule has 0 unspecified atom stereocenters. The maximum atomic E-state index is 14.0. The molecule has 8 heteroatoms. The lowest BCUT2D eigenvalue weighted by atomic mass is 10.2. The molecule has 0 aliphatic heterocycles. The largest absolute Gasteiger partial charge is 0.303 e. The zero-order chi connectivity index (χ0) is 17.3. The van der Waals surface area contributed by atoms with Gasteiger partial charge in [-0.05, 0) is 43.5 Å². The van der Waals surface area contributed by atoms with Crippen LogP contribution in [0.5, 0.6) is 0 Å². The van der Waals surface area contributed by atoms with Gasteiger partial charge in [-0.3, -0.25) is 4.90 Å². The third-order valence-electron chi connectivity index (χ3n) is 3.59. The fraction of sp³-hybridized carbons (Fsp3) is 0.250. The van der Waals surface area contributed by atoms with E-state index >= 15 is 0 Å². The minimum Gasteiger partial charge on any atom is -0.303 e. The summed E-state index contributed by atoms with van der Waals surface area (Å²) < 4.78 is 18.8. The zero-order valence-electron chi connectivity index (χ0n) is 13.2. The lowest BCUT2D eigenvalue weighted by molar-refractivity contribution is 0.246. The molecule has 4 nitrogen and oxygen atoms in total. The number of benzene rings is 1. The number of rotatable bonds is 5. The van der Waals surface area contributed by atoms with Gasteiger partial charge in [-0.25, -0.2) is 9.07 Å². The van der Waals surface area contributed by atoms with Gasteiger partial charge in [-0.1, -0.05) is 23.7 Å². The Hall–Kier alpha value is -1.54. The molecule has 0 bridgehead atoms. The molecule has 2 aromatic heterocycles. The van der Waals surface area contributed by atoms with Gasteiger partial charge in [0.15, 0.2) is 10.6 Å². The molecule has 0 saturated carbocycles. The molecule has 0 atom stereocenters. The van der Waals surface area contributed by atoms with Gasteiger partial charge in [-0.15, -0.1) is 11.3 Å². The Kier molecular flexibility index (Phi) is 5.15. The smallest absolute Gasteiger partial charge is 0.199 e. The summed E-state index contributed by atoms with van der Waals surface area (Å²) in [6.45, 7) is 1.25. The SMILES string of the molecule is CN(Cc1ccc(Cl)s1)Cn1nc(-c2ccccc2F)n(C)c1=S. The van der Waals surface area contributed by atoms with Crippen molar-refractivity contribution in [3.63, 3.8) is 0 Å². The van der Waals surface area contributed by atoms with E-state index in [1.807, 2.05) is 19.2 Å². The summed E-state index contributed by atoms with van der Waals surface area (Å²) in [7, 11) is 3.78. The van der Waals surface area contributed by atoms with Crippen LogP contribution in [0.25, 0.3) is 11.4 Å². The number of nitrogens with zero attached hydrogens (tertiary/aromatic N) is 4. The third kappa shape index (κ3) is 3.59. The summed E-state index contributed by atoms with van der Waals surface area (Å²) in [6, 6.07) is 10.5. The van der Waals surface area contributed by atoms with Gasteiger partial charge < -0.3 is 4.57 Å². The van der Waals surface area contributed by atoms with Crippen molar-refractivity contribution in [2.75, 3.05) is 7.05 Å². The number of thiophene rings is 1. The highest BCUT2D eigenvalue weighted by Gasteiger charge is 2.14. The molecule has 3 rings (SSSR count). The minimum absolute atomic E-state index is 0.311. The minimum atomic E-state index is -0.311. The lowest BCUT2D eigenvalue weighted by Gasteiger charge is -2.15. The fourth-order valence-corrected chi connectivity index (χ4v) is 3.79. The van der Waals surface area contributed by atoms with E-state index in [4.69, 9.17) is 23.8 Å². The molecule has 0 saturated heterocycles. The molecule has 0 radical (unpaired) electrons. The van der Waals surface area contributed by atoms with Gasteiger partial charge in [0.2, 0.25) is 0 Å². The van der Waals surface area contributed by atoms with Crippen molar-refractivity contribution in [1.82, 2.24) is 19.2 Å². The lowest BCUT2D eigenvalue weighted by Crippen LogP contribution is -2.22. The highest BCUT2D eigenvalue weighted by Crippen LogP contribution is 2.23. The first-order valence-electron chi connectivity index (χ1n) is 7.27. The van der Waals surface area contributed by atoms with Crippen LogP contribution in [-0.4, -0.2) is 26.3 Å². The number of aromatic nitrogens is 3. The quantitative estimate of drug-likeness (QED) is 0.605. The molecule has 0 amide bonds. The Bertz CT molecular complexity index is 915. The van der Waals surface area contributed by atoms with Gasteiger partial charge in [0, 0.05) is 18.5 Å². The third-order valence-corrected chi connectivity index (χ3v) is 5.29. The van der Waals surface area contributed by atoms with E-state index in [-0.39, 0.29) is 5.82 Å². The van der Waals surface area contributed by atoms with Gasteiger partial charge >= 0.3 is 0 Å². The van der Waals surface area contributed by atoms with Crippen LogP contribution in [0.1, 0.15) is 4.88 Å². The predicted octanol–water partition coefficient (Wildman–Crippen LogP) is 4.56. The first kappa shape index (κ1) is 17.3. The topological polar surface area (TPSA) is 26.0 Å². The second kappa shape index (κ2) is 7.14. The molecule has 24 heavy (non-hydrogen) atoms. The summed E-state index contributed by atoms with van der Waals surface area (Å²) in [6.07, 6.45) is 0. The van der Waals surface area contributed by atoms with Crippen molar-refractivity contribution in [3.8, 4) is 11.4 Å². The Morgan fingerprint density at radius 3 is 2.71 bits per heavy atom. The fourth-order valence-electron chi connectivity index (χ4n) is 2.44. The van der Waals surface area contributed by atoms with E-state index in [0.29, 0.717) is 22.8 Å². The maximum absolute atomic E-state index is 14.0. The van der Waals surface area contributed by atoms with E-state index in [1.165, 1.54) is 10.9 Å². The Morgan fingerprint density at radius 2 is 2.04 bits per heavy atom. The van der Waals surface area contributed by atoms with Gasteiger partial charge in [0.1, 0.15) is 5.82 Å². The number of hydrogen-bond donors (Lipinski definition) is 0. The summed E-state index contributed by atoms with van der Waals surface area (Å²) in [5, 5.41) is 4.50. The van der Waals surface area contributed by atoms with Gasteiger partial charge in [0.25, 0.3) is 0 Å².